The standard InChI is InChI=1S/C26H29N3/c1-17(2)22-13-7-8-14-25(22)27-20(5)23-15-10-16-24(29-23)21(6)28-26-18(3)11-9-12-19(26)4/h7-17H,1-6H3. The summed E-state index contributed by atoms with van der Waals surface area (Å²) in [7, 11) is 0. The fourth-order valence-electron chi connectivity index (χ4n) is 3.36. The Labute approximate surface area is 174 Å². The van der Waals surface area contributed by atoms with Crippen LogP contribution < -0.4 is 0 Å². The van der Waals surface area contributed by atoms with Crippen molar-refractivity contribution in [1.29, 1.82) is 0 Å². The van der Waals surface area contributed by atoms with Gasteiger partial charge in [0.2, 0.25) is 0 Å². The molecule has 0 radical (unpaired) electrons. The first-order valence-electron chi connectivity index (χ1n) is 10.1. The Bertz CT molecular complexity index is 1050. The van der Waals surface area contributed by atoms with Crippen molar-refractivity contribution in [3.05, 3.63) is 88.7 Å². The van der Waals surface area contributed by atoms with Gasteiger partial charge < -0.3 is 0 Å². The lowest BCUT2D eigenvalue weighted by Gasteiger charge is -2.10. The highest BCUT2D eigenvalue weighted by Crippen LogP contribution is 2.27. The van der Waals surface area contributed by atoms with Crippen LogP contribution in [0.1, 0.15) is 61.7 Å². The summed E-state index contributed by atoms with van der Waals surface area (Å²) in [5.74, 6) is 0.425. The molecule has 0 aliphatic rings. The molecule has 0 aliphatic carbocycles. The molecule has 3 heteroatoms. The Morgan fingerprint density at radius 2 is 1.28 bits per heavy atom. The first-order chi connectivity index (χ1) is 13.9. The molecule has 3 nitrogen and oxygen atoms in total. The van der Waals surface area contributed by atoms with E-state index in [0.717, 1.165) is 34.2 Å². The van der Waals surface area contributed by atoms with Gasteiger partial charge in [0.15, 0.2) is 0 Å². The average Bonchev–Trinajstić information content (AvgIpc) is 2.71. The lowest BCUT2D eigenvalue weighted by molar-refractivity contribution is 0.867. The third-order valence-electron chi connectivity index (χ3n) is 5.06. The number of pyridine rings is 1. The molecule has 0 bridgehead atoms. The van der Waals surface area contributed by atoms with E-state index in [0.29, 0.717) is 5.92 Å². The summed E-state index contributed by atoms with van der Waals surface area (Å²) >= 11 is 0. The van der Waals surface area contributed by atoms with Crippen LogP contribution in [0.4, 0.5) is 11.4 Å². The second-order valence-electron chi connectivity index (χ2n) is 7.76. The molecule has 148 valence electrons. The highest BCUT2D eigenvalue weighted by molar-refractivity contribution is 6.02. The van der Waals surface area contributed by atoms with E-state index in [9.17, 15) is 0 Å². The molecule has 29 heavy (non-hydrogen) atoms. The van der Waals surface area contributed by atoms with E-state index in [1.165, 1.54) is 16.7 Å². The van der Waals surface area contributed by atoms with Crippen molar-refractivity contribution in [3.8, 4) is 0 Å². The fraction of sp³-hybridized carbons (Fsp3) is 0.269. The van der Waals surface area contributed by atoms with Crippen LogP contribution in [0, 0.1) is 13.8 Å². The maximum atomic E-state index is 4.88. The lowest BCUT2D eigenvalue weighted by Crippen LogP contribution is -2.05. The van der Waals surface area contributed by atoms with Gasteiger partial charge >= 0.3 is 0 Å². The van der Waals surface area contributed by atoms with Crippen molar-refractivity contribution in [2.75, 3.05) is 0 Å². The maximum Gasteiger partial charge on any atom is 0.0849 e. The fourth-order valence-corrected chi connectivity index (χ4v) is 3.36. The largest absolute Gasteiger partial charge is 0.251 e. The number of hydrogen-bond donors (Lipinski definition) is 0. The number of nitrogens with zero attached hydrogens (tertiary/aromatic N) is 3. The van der Waals surface area contributed by atoms with E-state index in [4.69, 9.17) is 15.0 Å². The summed E-state index contributed by atoms with van der Waals surface area (Å²) in [6.07, 6.45) is 0. The van der Waals surface area contributed by atoms with Gasteiger partial charge in [-0.1, -0.05) is 56.3 Å². The minimum Gasteiger partial charge on any atom is -0.251 e. The topological polar surface area (TPSA) is 37.6 Å². The smallest absolute Gasteiger partial charge is 0.0849 e. The molecule has 0 atom stereocenters. The summed E-state index contributed by atoms with van der Waals surface area (Å²) in [4.78, 5) is 14.6. The minimum absolute atomic E-state index is 0.425. The molecular formula is C26H29N3. The molecule has 0 fully saturated rings. The van der Waals surface area contributed by atoms with E-state index < -0.39 is 0 Å². The van der Waals surface area contributed by atoms with Gasteiger partial charge in [-0.25, -0.2) is 4.98 Å². The Balaban J connectivity index is 1.97. The number of para-hydroxylation sites is 2. The monoisotopic (exact) mass is 383 g/mol. The van der Waals surface area contributed by atoms with Crippen molar-refractivity contribution < 1.29 is 0 Å². The molecule has 1 heterocycles. The van der Waals surface area contributed by atoms with E-state index in [1.807, 2.05) is 38.1 Å². The number of aryl methyl sites for hydroxylation is 2. The Kier molecular flexibility index (Phi) is 6.38. The Morgan fingerprint density at radius 1 is 0.724 bits per heavy atom. The first-order valence-corrected chi connectivity index (χ1v) is 10.1. The number of hydrogen-bond acceptors (Lipinski definition) is 3. The van der Waals surface area contributed by atoms with Crippen LogP contribution in [0.2, 0.25) is 0 Å². The third-order valence-corrected chi connectivity index (χ3v) is 5.06. The van der Waals surface area contributed by atoms with Crippen molar-refractivity contribution in [2.24, 2.45) is 9.98 Å². The van der Waals surface area contributed by atoms with Crippen LogP contribution in [0.5, 0.6) is 0 Å². The number of aliphatic imine (C=N–C) groups is 2. The van der Waals surface area contributed by atoms with Crippen molar-refractivity contribution >= 4 is 22.8 Å². The van der Waals surface area contributed by atoms with Crippen LogP contribution in [0.3, 0.4) is 0 Å². The molecule has 3 aromatic rings. The van der Waals surface area contributed by atoms with E-state index >= 15 is 0 Å². The predicted molar refractivity (Wildman–Crippen MR) is 124 cm³/mol. The summed E-state index contributed by atoms with van der Waals surface area (Å²) < 4.78 is 0. The zero-order valence-electron chi connectivity index (χ0n) is 18.2. The van der Waals surface area contributed by atoms with Gasteiger partial charge in [0.05, 0.1) is 34.2 Å². The molecule has 3 rings (SSSR count). The molecule has 0 N–H and O–H groups in total. The molecule has 1 aromatic heterocycles. The Morgan fingerprint density at radius 3 is 1.90 bits per heavy atom. The van der Waals surface area contributed by atoms with Gasteiger partial charge in [-0.2, -0.15) is 0 Å². The van der Waals surface area contributed by atoms with Gasteiger partial charge in [-0.3, -0.25) is 9.98 Å². The normalized spacial score (nSPS) is 12.5. The van der Waals surface area contributed by atoms with Crippen LogP contribution in [0.25, 0.3) is 0 Å². The maximum absolute atomic E-state index is 4.88. The van der Waals surface area contributed by atoms with Gasteiger partial charge in [0, 0.05) is 0 Å². The molecule has 0 saturated heterocycles. The molecule has 0 spiro atoms. The van der Waals surface area contributed by atoms with Crippen LogP contribution in [-0.4, -0.2) is 16.4 Å². The summed E-state index contributed by atoms with van der Waals surface area (Å²) in [5.41, 5.74) is 9.16. The van der Waals surface area contributed by atoms with E-state index in [-0.39, 0.29) is 0 Å². The van der Waals surface area contributed by atoms with E-state index in [1.54, 1.807) is 0 Å². The second kappa shape index (κ2) is 8.95. The van der Waals surface area contributed by atoms with Crippen LogP contribution in [0.15, 0.2) is 70.6 Å². The average molecular weight is 384 g/mol. The van der Waals surface area contributed by atoms with Gasteiger partial charge in [-0.15, -0.1) is 0 Å². The van der Waals surface area contributed by atoms with Gasteiger partial charge in [0.25, 0.3) is 0 Å². The summed E-state index contributed by atoms with van der Waals surface area (Å²) in [6, 6.07) is 20.6. The quantitative estimate of drug-likeness (QED) is 0.433. The number of rotatable bonds is 5. The molecule has 0 unspecified atom stereocenters. The number of benzene rings is 2. The molecule has 0 amide bonds. The minimum atomic E-state index is 0.425. The van der Waals surface area contributed by atoms with Crippen molar-refractivity contribution in [1.82, 2.24) is 4.98 Å². The van der Waals surface area contributed by atoms with Crippen LogP contribution >= 0.6 is 0 Å². The van der Waals surface area contributed by atoms with E-state index in [2.05, 4.69) is 64.1 Å². The van der Waals surface area contributed by atoms with Crippen molar-refractivity contribution in [2.45, 2.75) is 47.5 Å². The highest BCUT2D eigenvalue weighted by Gasteiger charge is 2.09. The molecule has 2 aromatic carbocycles. The third kappa shape index (κ3) is 4.86. The first kappa shape index (κ1) is 20.7. The summed E-state index contributed by atoms with van der Waals surface area (Å²) in [6.45, 7) is 12.6. The molecule has 0 saturated carbocycles. The lowest BCUT2D eigenvalue weighted by atomic mass is 10.0. The number of aromatic nitrogens is 1. The zero-order valence-corrected chi connectivity index (χ0v) is 18.2. The van der Waals surface area contributed by atoms with Crippen LogP contribution in [-0.2, 0) is 0 Å². The highest BCUT2D eigenvalue weighted by atomic mass is 14.8. The van der Waals surface area contributed by atoms with Gasteiger partial charge in [0.1, 0.15) is 0 Å². The van der Waals surface area contributed by atoms with Crippen molar-refractivity contribution in [3.63, 3.8) is 0 Å². The zero-order chi connectivity index (χ0) is 21.0. The second-order valence-corrected chi connectivity index (χ2v) is 7.76. The van der Waals surface area contributed by atoms with Gasteiger partial charge in [-0.05, 0) is 68.5 Å². The predicted octanol–water partition coefficient (Wildman–Crippen LogP) is 7.10. The molecule has 0 aliphatic heterocycles. The Hall–Kier alpha value is -3.07. The molecular weight excluding hydrogens is 354 g/mol. The summed E-state index contributed by atoms with van der Waals surface area (Å²) in [5, 5.41) is 0. The SMILES string of the molecule is CC(=Nc1ccccc1C(C)C)c1cccc(C(C)=Nc2c(C)cccc2C)n1.